The fourth-order valence-electron chi connectivity index (χ4n) is 1.53. The first-order valence-electron chi connectivity index (χ1n) is 4.66. The quantitative estimate of drug-likeness (QED) is 0.763. The zero-order valence-electron chi connectivity index (χ0n) is 7.85. The Balaban J connectivity index is 2.45. The minimum atomic E-state index is 0.275. The van der Waals surface area contributed by atoms with Crippen LogP contribution in [0.15, 0.2) is 24.4 Å². The highest BCUT2D eigenvalue weighted by Crippen LogP contribution is 2.23. The zero-order valence-corrected chi connectivity index (χ0v) is 7.85. The predicted molar refractivity (Wildman–Crippen MR) is 55.1 cm³/mol. The smallest absolute Gasteiger partial charge is 0.141 e. The summed E-state index contributed by atoms with van der Waals surface area (Å²) in [5.41, 5.74) is 6.22. The fraction of sp³-hybridized carbons (Fsp3) is 0.300. The minimum Gasteiger partial charge on any atom is -0.506 e. The van der Waals surface area contributed by atoms with Gasteiger partial charge in [-0.2, -0.15) is 5.10 Å². The van der Waals surface area contributed by atoms with Gasteiger partial charge in [0.2, 0.25) is 0 Å². The number of nitrogens with zero attached hydrogens (tertiary/aromatic N) is 2. The molecule has 2 aromatic rings. The summed E-state index contributed by atoms with van der Waals surface area (Å²) in [5.74, 6) is 0.275. The number of phenols is 1. The number of aromatic nitrogens is 2. The lowest BCUT2D eigenvalue weighted by atomic mass is 10.2. The van der Waals surface area contributed by atoms with Gasteiger partial charge in [0, 0.05) is 11.9 Å². The first-order chi connectivity index (χ1) is 6.83. The molecule has 4 nitrogen and oxygen atoms in total. The highest BCUT2D eigenvalue weighted by atomic mass is 16.3. The molecule has 0 aliphatic carbocycles. The number of rotatable bonds is 3. The van der Waals surface area contributed by atoms with Gasteiger partial charge in [-0.3, -0.25) is 4.68 Å². The molecule has 0 bridgehead atoms. The van der Waals surface area contributed by atoms with Crippen LogP contribution in [-0.2, 0) is 6.54 Å². The average molecular weight is 191 g/mol. The van der Waals surface area contributed by atoms with E-state index in [4.69, 9.17) is 5.73 Å². The molecule has 0 aliphatic heterocycles. The van der Waals surface area contributed by atoms with Crippen LogP contribution in [0.1, 0.15) is 6.42 Å². The Kier molecular flexibility index (Phi) is 2.37. The maximum absolute atomic E-state index is 9.65. The predicted octanol–water partition coefficient (Wildman–Crippen LogP) is 1.09. The number of hydrogen-bond donors (Lipinski definition) is 2. The molecule has 0 fully saturated rings. The lowest BCUT2D eigenvalue weighted by Gasteiger charge is -2.03. The van der Waals surface area contributed by atoms with Crippen molar-refractivity contribution in [1.82, 2.24) is 9.78 Å². The Bertz CT molecular complexity index is 436. The minimum absolute atomic E-state index is 0.275. The molecule has 0 aliphatic rings. The summed E-state index contributed by atoms with van der Waals surface area (Å²) in [6, 6.07) is 5.41. The molecule has 14 heavy (non-hydrogen) atoms. The second kappa shape index (κ2) is 3.67. The van der Waals surface area contributed by atoms with Crippen molar-refractivity contribution in [1.29, 1.82) is 0 Å². The molecular weight excluding hydrogens is 178 g/mol. The molecule has 1 aromatic carbocycles. The number of phenolic OH excluding ortho intramolecular Hbond substituents is 1. The van der Waals surface area contributed by atoms with E-state index in [-0.39, 0.29) is 5.75 Å². The van der Waals surface area contributed by atoms with Crippen LogP contribution < -0.4 is 5.73 Å². The molecule has 0 amide bonds. The molecular formula is C10H13N3O. The fourth-order valence-corrected chi connectivity index (χ4v) is 1.53. The van der Waals surface area contributed by atoms with Crippen LogP contribution in [0.5, 0.6) is 5.75 Å². The molecule has 0 saturated heterocycles. The van der Waals surface area contributed by atoms with Gasteiger partial charge >= 0.3 is 0 Å². The van der Waals surface area contributed by atoms with Gasteiger partial charge in [-0.1, -0.05) is 12.1 Å². The number of aryl methyl sites for hydroxylation is 1. The van der Waals surface area contributed by atoms with Gasteiger partial charge in [-0.15, -0.1) is 0 Å². The average Bonchev–Trinajstić information content (AvgIpc) is 2.59. The summed E-state index contributed by atoms with van der Waals surface area (Å²) in [4.78, 5) is 0. The third kappa shape index (κ3) is 1.44. The largest absolute Gasteiger partial charge is 0.506 e. The Labute approximate surface area is 81.9 Å². The van der Waals surface area contributed by atoms with Gasteiger partial charge in [-0.05, 0) is 19.0 Å². The topological polar surface area (TPSA) is 64.1 Å². The number of nitrogens with two attached hydrogens (primary N) is 1. The summed E-state index contributed by atoms with van der Waals surface area (Å²) in [7, 11) is 0. The van der Waals surface area contributed by atoms with Crippen molar-refractivity contribution in [3.63, 3.8) is 0 Å². The van der Waals surface area contributed by atoms with E-state index in [1.807, 2.05) is 12.1 Å². The summed E-state index contributed by atoms with van der Waals surface area (Å²) in [5, 5.41) is 14.8. The van der Waals surface area contributed by atoms with Gasteiger partial charge in [0.15, 0.2) is 0 Å². The van der Waals surface area contributed by atoms with Crippen molar-refractivity contribution in [3.05, 3.63) is 24.4 Å². The van der Waals surface area contributed by atoms with Crippen LogP contribution in [0.3, 0.4) is 0 Å². The third-order valence-electron chi connectivity index (χ3n) is 2.21. The van der Waals surface area contributed by atoms with E-state index in [9.17, 15) is 5.11 Å². The van der Waals surface area contributed by atoms with E-state index >= 15 is 0 Å². The van der Waals surface area contributed by atoms with Gasteiger partial charge < -0.3 is 10.8 Å². The molecule has 0 atom stereocenters. The van der Waals surface area contributed by atoms with Crippen molar-refractivity contribution in [3.8, 4) is 5.75 Å². The molecule has 0 unspecified atom stereocenters. The summed E-state index contributed by atoms with van der Waals surface area (Å²) >= 11 is 0. The molecule has 0 saturated carbocycles. The molecule has 1 aromatic heterocycles. The van der Waals surface area contributed by atoms with Gasteiger partial charge in [0.25, 0.3) is 0 Å². The Hall–Kier alpha value is -1.55. The highest BCUT2D eigenvalue weighted by molar-refractivity contribution is 5.84. The maximum Gasteiger partial charge on any atom is 0.141 e. The van der Waals surface area contributed by atoms with Crippen LogP contribution >= 0.6 is 0 Å². The van der Waals surface area contributed by atoms with Gasteiger partial charge in [0.05, 0.1) is 6.20 Å². The molecule has 2 rings (SSSR count). The van der Waals surface area contributed by atoms with E-state index in [2.05, 4.69) is 5.10 Å². The normalized spacial score (nSPS) is 10.9. The van der Waals surface area contributed by atoms with Crippen LogP contribution in [0.2, 0.25) is 0 Å². The van der Waals surface area contributed by atoms with Gasteiger partial charge in [0.1, 0.15) is 11.3 Å². The van der Waals surface area contributed by atoms with Crippen LogP contribution in [-0.4, -0.2) is 21.4 Å². The van der Waals surface area contributed by atoms with Crippen LogP contribution in [0.25, 0.3) is 10.9 Å². The molecule has 0 spiro atoms. The molecule has 1 heterocycles. The lowest BCUT2D eigenvalue weighted by Crippen LogP contribution is -2.06. The summed E-state index contributed by atoms with van der Waals surface area (Å²) in [6.45, 7) is 1.38. The first kappa shape index (κ1) is 9.02. The Morgan fingerprint density at radius 1 is 1.43 bits per heavy atom. The molecule has 4 heteroatoms. The van der Waals surface area contributed by atoms with Crippen molar-refractivity contribution in [2.75, 3.05) is 6.54 Å². The SMILES string of the molecule is NCCCn1ncc2cccc(O)c21. The Morgan fingerprint density at radius 3 is 3.07 bits per heavy atom. The molecule has 0 radical (unpaired) electrons. The van der Waals surface area contributed by atoms with Crippen molar-refractivity contribution >= 4 is 10.9 Å². The number of para-hydroxylation sites is 1. The highest BCUT2D eigenvalue weighted by Gasteiger charge is 2.05. The van der Waals surface area contributed by atoms with Crippen molar-refractivity contribution in [2.45, 2.75) is 13.0 Å². The van der Waals surface area contributed by atoms with E-state index in [1.54, 1.807) is 16.9 Å². The summed E-state index contributed by atoms with van der Waals surface area (Å²) in [6.07, 6.45) is 2.62. The monoisotopic (exact) mass is 191 g/mol. The van der Waals surface area contributed by atoms with Gasteiger partial charge in [-0.25, -0.2) is 0 Å². The lowest BCUT2D eigenvalue weighted by molar-refractivity contribution is 0.474. The third-order valence-corrected chi connectivity index (χ3v) is 2.21. The number of fused-ring (bicyclic) bond motifs is 1. The first-order valence-corrected chi connectivity index (χ1v) is 4.66. The second-order valence-corrected chi connectivity index (χ2v) is 3.22. The molecule has 3 N–H and O–H groups in total. The van der Waals surface area contributed by atoms with Crippen LogP contribution in [0, 0.1) is 0 Å². The maximum atomic E-state index is 9.65. The van der Waals surface area contributed by atoms with Crippen LogP contribution in [0.4, 0.5) is 0 Å². The van der Waals surface area contributed by atoms with Crippen molar-refractivity contribution < 1.29 is 5.11 Å². The second-order valence-electron chi connectivity index (χ2n) is 3.22. The van der Waals surface area contributed by atoms with E-state index < -0.39 is 0 Å². The Morgan fingerprint density at radius 2 is 2.29 bits per heavy atom. The zero-order chi connectivity index (χ0) is 9.97. The van der Waals surface area contributed by atoms with Crippen molar-refractivity contribution in [2.24, 2.45) is 5.73 Å². The number of hydrogen-bond acceptors (Lipinski definition) is 3. The van der Waals surface area contributed by atoms with E-state index in [0.29, 0.717) is 6.54 Å². The number of aromatic hydroxyl groups is 1. The van der Waals surface area contributed by atoms with E-state index in [1.165, 1.54) is 0 Å². The number of benzene rings is 1. The molecule has 74 valence electrons. The summed E-state index contributed by atoms with van der Waals surface area (Å²) < 4.78 is 1.79. The van der Waals surface area contributed by atoms with E-state index in [0.717, 1.165) is 23.9 Å². The standard InChI is InChI=1S/C10H13N3O/c11-5-2-6-13-10-8(7-12-13)3-1-4-9(10)14/h1,3-4,7,14H,2,5-6,11H2.